The predicted molar refractivity (Wildman–Crippen MR) is 104 cm³/mol. The van der Waals surface area contributed by atoms with Gasteiger partial charge in [-0.3, -0.25) is 13.9 Å². The van der Waals surface area contributed by atoms with Crippen molar-refractivity contribution in [2.45, 2.75) is 13.5 Å². The van der Waals surface area contributed by atoms with Gasteiger partial charge in [-0.25, -0.2) is 10.2 Å². The summed E-state index contributed by atoms with van der Waals surface area (Å²) in [7, 11) is 3.23. The lowest BCUT2D eigenvalue weighted by Crippen LogP contribution is -2.39. The molecule has 3 rings (SSSR count). The highest BCUT2D eigenvalue weighted by atomic mass is 16.3. The fraction of sp³-hybridized carbons (Fsp3) is 0.222. The average Bonchev–Trinajstić information content (AvgIpc) is 2.99. The number of imidazole rings is 1. The number of nitrogens with one attached hydrogen (secondary N) is 1. The molecule has 0 unspecified atom stereocenters. The Kier molecular flexibility index (Phi) is 4.68. The van der Waals surface area contributed by atoms with Crippen LogP contribution in [0.1, 0.15) is 12.5 Å². The molecule has 0 aliphatic carbocycles. The van der Waals surface area contributed by atoms with E-state index in [0.29, 0.717) is 17.2 Å². The van der Waals surface area contributed by atoms with E-state index in [9.17, 15) is 14.7 Å². The highest BCUT2D eigenvalue weighted by Gasteiger charge is 2.17. The molecule has 9 nitrogen and oxygen atoms in total. The van der Waals surface area contributed by atoms with Gasteiger partial charge < -0.3 is 9.67 Å². The van der Waals surface area contributed by atoms with E-state index >= 15 is 0 Å². The number of nitrogens with zero attached hydrogens (tertiary/aromatic N) is 5. The van der Waals surface area contributed by atoms with Crippen LogP contribution in [0.5, 0.6) is 5.75 Å². The quantitative estimate of drug-likeness (QED) is 0.399. The van der Waals surface area contributed by atoms with Crippen molar-refractivity contribution in [3.63, 3.8) is 0 Å². The van der Waals surface area contributed by atoms with E-state index < -0.39 is 11.2 Å². The van der Waals surface area contributed by atoms with Crippen LogP contribution in [-0.4, -0.2) is 29.5 Å². The van der Waals surface area contributed by atoms with Crippen LogP contribution in [-0.2, 0) is 20.6 Å². The molecule has 0 radical (unpaired) electrons. The van der Waals surface area contributed by atoms with Crippen LogP contribution in [0.3, 0.4) is 0 Å². The number of phenols is 1. The third-order valence-corrected chi connectivity index (χ3v) is 4.28. The third kappa shape index (κ3) is 3.14. The lowest BCUT2D eigenvalue weighted by atomic mass is 10.1. The number of hydrogen-bond donors (Lipinski definition) is 2. The summed E-state index contributed by atoms with van der Waals surface area (Å²) in [4.78, 5) is 29.4. The molecule has 0 bridgehead atoms. The molecule has 2 heterocycles. The molecule has 0 fully saturated rings. The second-order valence-corrected chi connectivity index (χ2v) is 6.07. The van der Waals surface area contributed by atoms with Crippen LogP contribution in [0.2, 0.25) is 0 Å². The summed E-state index contributed by atoms with van der Waals surface area (Å²) in [6.45, 7) is 5.50. The van der Waals surface area contributed by atoms with Crippen LogP contribution in [0.15, 0.2) is 51.6 Å². The van der Waals surface area contributed by atoms with Crippen molar-refractivity contribution >= 4 is 22.8 Å². The molecule has 2 aromatic heterocycles. The predicted octanol–water partition coefficient (Wildman–Crippen LogP) is 1.16. The number of hydrazone groups is 1. The first-order valence-electron chi connectivity index (χ1n) is 8.22. The van der Waals surface area contributed by atoms with Crippen LogP contribution in [0.25, 0.3) is 11.2 Å². The zero-order valence-electron chi connectivity index (χ0n) is 15.3. The van der Waals surface area contributed by atoms with E-state index in [1.54, 1.807) is 49.9 Å². The number of aryl methyl sites for hydroxylation is 2. The number of aromatic hydroxyl groups is 1. The van der Waals surface area contributed by atoms with Crippen molar-refractivity contribution in [3.05, 3.63) is 63.3 Å². The number of fused-ring (bicyclic) bond motifs is 1. The lowest BCUT2D eigenvalue weighted by Gasteiger charge is -2.06. The van der Waals surface area contributed by atoms with Gasteiger partial charge in [0, 0.05) is 20.6 Å². The van der Waals surface area contributed by atoms with E-state index in [4.69, 9.17) is 0 Å². The summed E-state index contributed by atoms with van der Waals surface area (Å²) in [5, 5.41) is 13.6. The van der Waals surface area contributed by atoms with Crippen molar-refractivity contribution in [3.8, 4) is 5.75 Å². The van der Waals surface area contributed by atoms with Gasteiger partial charge in [0.2, 0.25) is 5.95 Å². The average molecular weight is 368 g/mol. The van der Waals surface area contributed by atoms with Gasteiger partial charge in [-0.05, 0) is 36.8 Å². The Hall–Kier alpha value is -3.62. The normalized spacial score (nSPS) is 11.7. The molecule has 0 saturated heterocycles. The highest BCUT2D eigenvalue weighted by Crippen LogP contribution is 2.14. The molecule has 9 heteroatoms. The molecule has 0 saturated carbocycles. The minimum Gasteiger partial charge on any atom is -0.508 e. The van der Waals surface area contributed by atoms with Gasteiger partial charge in [-0.1, -0.05) is 6.08 Å². The number of rotatable bonds is 5. The largest absolute Gasteiger partial charge is 0.508 e. The number of anilines is 1. The lowest BCUT2D eigenvalue weighted by molar-refractivity contribution is 0.475. The van der Waals surface area contributed by atoms with Gasteiger partial charge in [0.1, 0.15) is 5.75 Å². The Morgan fingerprint density at radius 2 is 1.93 bits per heavy atom. The molecular formula is C18H20N6O3. The topological polar surface area (TPSA) is 106 Å². The standard InChI is InChI=1S/C18H20N6O3/c1-5-10-24-16(26)14-15(23(4)18(24)27)19-17(22(14)3)21-20-11(2)12-6-8-13(25)9-7-12/h5-9,25H,1,10H2,2-4H3,(H,19,21)/b20-11+. The summed E-state index contributed by atoms with van der Waals surface area (Å²) in [5.74, 6) is 0.498. The fourth-order valence-electron chi connectivity index (χ4n) is 2.73. The summed E-state index contributed by atoms with van der Waals surface area (Å²) in [6, 6.07) is 6.62. The Bertz CT molecular complexity index is 1170. The first kappa shape index (κ1) is 18.2. The second kappa shape index (κ2) is 6.94. The van der Waals surface area contributed by atoms with Crippen molar-refractivity contribution in [1.29, 1.82) is 0 Å². The fourth-order valence-corrected chi connectivity index (χ4v) is 2.73. The third-order valence-electron chi connectivity index (χ3n) is 4.28. The van der Waals surface area contributed by atoms with Gasteiger partial charge in [0.15, 0.2) is 11.2 Å². The van der Waals surface area contributed by atoms with Crippen molar-refractivity contribution in [1.82, 2.24) is 18.7 Å². The SMILES string of the molecule is C=CCn1c(=O)c2c(nc(N/N=C(\C)c3ccc(O)cc3)n2C)n(C)c1=O. The number of benzene rings is 1. The number of hydrogen-bond acceptors (Lipinski definition) is 6. The van der Waals surface area contributed by atoms with Gasteiger partial charge in [0.25, 0.3) is 5.56 Å². The van der Waals surface area contributed by atoms with Gasteiger partial charge in [0.05, 0.1) is 5.71 Å². The smallest absolute Gasteiger partial charge is 0.332 e. The minimum absolute atomic E-state index is 0.119. The Balaban J connectivity index is 2.06. The number of phenolic OH excluding ortho intramolecular Hbond substituents is 1. The Morgan fingerprint density at radius 1 is 1.26 bits per heavy atom. The van der Waals surface area contributed by atoms with E-state index in [-0.39, 0.29) is 17.9 Å². The maximum Gasteiger partial charge on any atom is 0.332 e. The highest BCUT2D eigenvalue weighted by molar-refractivity contribution is 5.99. The zero-order valence-corrected chi connectivity index (χ0v) is 15.3. The maximum atomic E-state index is 12.7. The molecule has 0 spiro atoms. The maximum absolute atomic E-state index is 12.7. The minimum atomic E-state index is -0.458. The molecule has 27 heavy (non-hydrogen) atoms. The van der Waals surface area contributed by atoms with Gasteiger partial charge in [-0.2, -0.15) is 10.1 Å². The molecule has 3 aromatic rings. The van der Waals surface area contributed by atoms with Crippen LogP contribution >= 0.6 is 0 Å². The zero-order chi connectivity index (χ0) is 19.7. The summed E-state index contributed by atoms with van der Waals surface area (Å²) >= 11 is 0. The van der Waals surface area contributed by atoms with E-state index in [0.717, 1.165) is 10.1 Å². The molecule has 0 aliphatic heterocycles. The van der Waals surface area contributed by atoms with Crippen LogP contribution < -0.4 is 16.7 Å². The van der Waals surface area contributed by atoms with Gasteiger partial charge >= 0.3 is 5.69 Å². The van der Waals surface area contributed by atoms with Crippen molar-refractivity contribution in [2.75, 3.05) is 5.43 Å². The molecular weight excluding hydrogens is 348 g/mol. The number of aromatic nitrogens is 4. The first-order valence-corrected chi connectivity index (χ1v) is 8.22. The first-order chi connectivity index (χ1) is 12.8. The monoisotopic (exact) mass is 368 g/mol. The second-order valence-electron chi connectivity index (χ2n) is 6.07. The number of allylic oxidation sites excluding steroid dienone is 1. The Morgan fingerprint density at radius 3 is 2.56 bits per heavy atom. The van der Waals surface area contributed by atoms with E-state index in [1.165, 1.54) is 10.6 Å². The molecule has 0 atom stereocenters. The van der Waals surface area contributed by atoms with Gasteiger partial charge in [-0.15, -0.1) is 6.58 Å². The van der Waals surface area contributed by atoms with Crippen LogP contribution in [0, 0.1) is 0 Å². The summed E-state index contributed by atoms with van der Waals surface area (Å²) in [5.41, 5.74) is 3.99. The molecule has 2 N–H and O–H groups in total. The molecule has 0 amide bonds. The Labute approximate surface area is 154 Å². The molecule has 140 valence electrons. The molecule has 1 aromatic carbocycles. The van der Waals surface area contributed by atoms with Crippen molar-refractivity contribution < 1.29 is 5.11 Å². The van der Waals surface area contributed by atoms with E-state index in [2.05, 4.69) is 22.1 Å². The summed E-state index contributed by atoms with van der Waals surface area (Å²) in [6.07, 6.45) is 1.50. The summed E-state index contributed by atoms with van der Waals surface area (Å²) < 4.78 is 3.98. The van der Waals surface area contributed by atoms with E-state index in [1.807, 2.05) is 0 Å². The molecule has 0 aliphatic rings. The van der Waals surface area contributed by atoms with Crippen LogP contribution in [0.4, 0.5) is 5.95 Å². The van der Waals surface area contributed by atoms with Crippen molar-refractivity contribution in [2.24, 2.45) is 19.2 Å².